The number of aromatic nitrogens is 2. The number of non-ortho nitro benzene ring substituents is 1. The molecule has 0 aliphatic rings. The Morgan fingerprint density at radius 2 is 1.95 bits per heavy atom. The van der Waals surface area contributed by atoms with E-state index in [2.05, 4.69) is 4.98 Å². The zero-order chi connectivity index (χ0) is 15.5. The predicted molar refractivity (Wildman–Crippen MR) is 78.4 cm³/mol. The number of nitro groups is 1. The van der Waals surface area contributed by atoms with Crippen molar-refractivity contribution < 1.29 is 9.45 Å². The van der Waals surface area contributed by atoms with Crippen LogP contribution in [0.1, 0.15) is 5.56 Å². The highest BCUT2D eigenvalue weighted by molar-refractivity contribution is 5.57. The lowest BCUT2D eigenvalue weighted by molar-refractivity contribution is -0.384. The van der Waals surface area contributed by atoms with Gasteiger partial charge in [-0.1, -0.05) is 12.1 Å². The van der Waals surface area contributed by atoms with E-state index in [1.54, 1.807) is 36.7 Å². The van der Waals surface area contributed by atoms with Gasteiger partial charge in [-0.2, -0.15) is 0 Å². The lowest BCUT2D eigenvalue weighted by Gasteiger charge is -2.06. The summed E-state index contributed by atoms with van der Waals surface area (Å²) in [5.41, 5.74) is 1.57. The van der Waals surface area contributed by atoms with Crippen LogP contribution in [0.25, 0.3) is 11.3 Å². The van der Waals surface area contributed by atoms with Crippen molar-refractivity contribution in [1.82, 2.24) is 9.72 Å². The standard InChI is InChI=1S/C15H11N3O4/c19-15-9-14(12-4-6-16-7-5-12)17(22-15)10-11-2-1-3-13(8-11)18(20)21/h1-9H,10H2. The van der Waals surface area contributed by atoms with Crippen molar-refractivity contribution in [3.63, 3.8) is 0 Å². The number of hydrogen-bond acceptors (Lipinski definition) is 5. The number of hydrogen-bond donors (Lipinski definition) is 0. The van der Waals surface area contributed by atoms with Crippen molar-refractivity contribution in [3.05, 3.63) is 81.0 Å². The summed E-state index contributed by atoms with van der Waals surface area (Å²) in [6, 6.07) is 11.1. The van der Waals surface area contributed by atoms with Gasteiger partial charge >= 0.3 is 5.63 Å². The van der Waals surface area contributed by atoms with E-state index in [0.29, 0.717) is 11.3 Å². The monoisotopic (exact) mass is 297 g/mol. The molecule has 0 saturated heterocycles. The normalized spacial score (nSPS) is 10.5. The highest BCUT2D eigenvalue weighted by Gasteiger charge is 2.12. The SMILES string of the molecule is O=c1cc(-c2ccncc2)n(Cc2cccc([N+](=O)[O-])c2)o1. The van der Waals surface area contributed by atoms with E-state index >= 15 is 0 Å². The second-order valence-electron chi connectivity index (χ2n) is 4.64. The van der Waals surface area contributed by atoms with Gasteiger partial charge in [0.25, 0.3) is 5.69 Å². The Balaban J connectivity index is 1.98. The average molecular weight is 297 g/mol. The first-order valence-corrected chi connectivity index (χ1v) is 6.48. The van der Waals surface area contributed by atoms with Gasteiger partial charge in [0.15, 0.2) is 0 Å². The molecule has 0 unspecified atom stereocenters. The zero-order valence-corrected chi connectivity index (χ0v) is 11.4. The molecular weight excluding hydrogens is 286 g/mol. The van der Waals surface area contributed by atoms with Crippen LogP contribution in [0, 0.1) is 10.1 Å². The van der Waals surface area contributed by atoms with E-state index in [9.17, 15) is 14.9 Å². The van der Waals surface area contributed by atoms with Gasteiger partial charge in [-0.25, -0.2) is 9.53 Å². The van der Waals surface area contributed by atoms with Crippen LogP contribution in [-0.2, 0) is 6.54 Å². The Hall–Kier alpha value is -3.22. The highest BCUT2D eigenvalue weighted by Crippen LogP contribution is 2.20. The summed E-state index contributed by atoms with van der Waals surface area (Å²) in [5.74, 6) is 0. The molecule has 1 aromatic carbocycles. The van der Waals surface area contributed by atoms with Crippen molar-refractivity contribution in [3.8, 4) is 11.3 Å². The van der Waals surface area contributed by atoms with Gasteiger partial charge in [0.05, 0.1) is 23.2 Å². The maximum Gasteiger partial charge on any atom is 0.358 e. The third-order valence-corrected chi connectivity index (χ3v) is 3.15. The summed E-state index contributed by atoms with van der Waals surface area (Å²) < 4.78 is 6.56. The fraction of sp³-hybridized carbons (Fsp3) is 0.0667. The van der Waals surface area contributed by atoms with Crippen LogP contribution in [-0.4, -0.2) is 14.6 Å². The lowest BCUT2D eigenvalue weighted by atomic mass is 10.1. The molecule has 0 spiro atoms. The van der Waals surface area contributed by atoms with Gasteiger partial charge in [0, 0.05) is 30.1 Å². The number of nitro benzene ring substituents is 1. The molecule has 0 aliphatic carbocycles. The molecule has 0 fully saturated rings. The van der Waals surface area contributed by atoms with E-state index in [1.807, 2.05) is 0 Å². The number of pyridine rings is 1. The van der Waals surface area contributed by atoms with Gasteiger partial charge in [-0.15, -0.1) is 0 Å². The second-order valence-corrected chi connectivity index (χ2v) is 4.64. The number of benzene rings is 1. The Labute approximate surface area is 124 Å². The smallest absolute Gasteiger partial charge is 0.336 e. The topological polar surface area (TPSA) is 91.2 Å². The Kier molecular flexibility index (Phi) is 3.53. The molecule has 0 N–H and O–H groups in total. The van der Waals surface area contributed by atoms with Gasteiger partial charge in [-0.3, -0.25) is 15.1 Å². The Morgan fingerprint density at radius 3 is 2.68 bits per heavy atom. The number of rotatable bonds is 4. The summed E-state index contributed by atoms with van der Waals surface area (Å²) in [4.78, 5) is 25.8. The maximum absolute atomic E-state index is 11.5. The molecule has 0 atom stereocenters. The Morgan fingerprint density at radius 1 is 1.18 bits per heavy atom. The van der Waals surface area contributed by atoms with Crippen molar-refractivity contribution in [2.24, 2.45) is 0 Å². The van der Waals surface area contributed by atoms with Gasteiger partial charge < -0.3 is 4.52 Å². The number of nitrogens with zero attached hydrogens (tertiary/aromatic N) is 3. The van der Waals surface area contributed by atoms with E-state index in [4.69, 9.17) is 4.52 Å². The molecule has 0 aliphatic heterocycles. The van der Waals surface area contributed by atoms with Gasteiger partial charge in [0.2, 0.25) is 0 Å². The summed E-state index contributed by atoms with van der Waals surface area (Å²) in [6.45, 7) is 0.224. The summed E-state index contributed by atoms with van der Waals surface area (Å²) in [6.07, 6.45) is 3.23. The van der Waals surface area contributed by atoms with Crippen molar-refractivity contribution >= 4 is 5.69 Å². The quantitative estimate of drug-likeness (QED) is 0.545. The van der Waals surface area contributed by atoms with Crippen LogP contribution in [0.5, 0.6) is 0 Å². The summed E-state index contributed by atoms with van der Waals surface area (Å²) in [7, 11) is 0. The minimum Gasteiger partial charge on any atom is -0.336 e. The first-order valence-electron chi connectivity index (χ1n) is 6.48. The molecule has 2 heterocycles. The van der Waals surface area contributed by atoms with E-state index in [-0.39, 0.29) is 12.2 Å². The van der Waals surface area contributed by atoms with Crippen LogP contribution in [0.15, 0.2) is 64.2 Å². The molecule has 7 heteroatoms. The van der Waals surface area contributed by atoms with Gasteiger partial charge in [0.1, 0.15) is 0 Å². The van der Waals surface area contributed by atoms with Crippen LogP contribution < -0.4 is 5.63 Å². The molecule has 0 amide bonds. The predicted octanol–water partition coefficient (Wildman–Crippen LogP) is 2.46. The third kappa shape index (κ3) is 2.78. The first-order chi connectivity index (χ1) is 10.6. The molecule has 7 nitrogen and oxygen atoms in total. The lowest BCUT2D eigenvalue weighted by Crippen LogP contribution is -2.02. The van der Waals surface area contributed by atoms with Gasteiger partial charge in [-0.05, 0) is 17.7 Å². The van der Waals surface area contributed by atoms with Crippen LogP contribution in [0.2, 0.25) is 0 Å². The largest absolute Gasteiger partial charge is 0.358 e. The zero-order valence-electron chi connectivity index (χ0n) is 11.4. The summed E-state index contributed by atoms with van der Waals surface area (Å²) in [5, 5.41) is 10.8. The van der Waals surface area contributed by atoms with Crippen LogP contribution in [0.4, 0.5) is 5.69 Å². The molecule has 110 valence electrons. The molecule has 3 aromatic rings. The average Bonchev–Trinajstić information content (AvgIpc) is 2.89. The molecule has 0 saturated carbocycles. The highest BCUT2D eigenvalue weighted by atomic mass is 16.6. The molecule has 0 radical (unpaired) electrons. The maximum atomic E-state index is 11.5. The van der Waals surface area contributed by atoms with Crippen molar-refractivity contribution in [2.75, 3.05) is 0 Å². The Bertz CT molecular complexity index is 868. The molecule has 2 aromatic heterocycles. The van der Waals surface area contributed by atoms with Crippen molar-refractivity contribution in [1.29, 1.82) is 0 Å². The summed E-state index contributed by atoms with van der Waals surface area (Å²) >= 11 is 0. The van der Waals surface area contributed by atoms with Crippen LogP contribution in [0.3, 0.4) is 0 Å². The first kappa shape index (κ1) is 13.7. The minimum absolute atomic E-state index is 0.00235. The third-order valence-electron chi connectivity index (χ3n) is 3.15. The molecular formula is C15H11N3O4. The van der Waals surface area contributed by atoms with Crippen LogP contribution >= 0.6 is 0 Å². The fourth-order valence-corrected chi connectivity index (χ4v) is 2.17. The molecule has 22 heavy (non-hydrogen) atoms. The second kappa shape index (κ2) is 5.65. The van der Waals surface area contributed by atoms with E-state index in [0.717, 1.165) is 5.56 Å². The van der Waals surface area contributed by atoms with E-state index in [1.165, 1.54) is 22.9 Å². The molecule has 3 rings (SSSR count). The van der Waals surface area contributed by atoms with E-state index < -0.39 is 10.5 Å². The van der Waals surface area contributed by atoms with Crippen molar-refractivity contribution in [2.45, 2.75) is 6.54 Å². The minimum atomic E-state index is -0.475. The fourth-order valence-electron chi connectivity index (χ4n) is 2.17. The molecule has 0 bridgehead atoms.